The number of carbonyl (C=O) groups is 3. The Hall–Kier alpha value is -4.07. The van der Waals surface area contributed by atoms with Crippen molar-refractivity contribution in [3.05, 3.63) is 77.7 Å². The Bertz CT molecular complexity index is 1230. The summed E-state index contributed by atoms with van der Waals surface area (Å²) in [7, 11) is 2.99. The number of Topliss-reactive ketones (excluding diaryl/α,β-unsaturated/α-hetero) is 1. The fraction of sp³-hybridized carbons (Fsp3) is 0.321. The number of benzene rings is 2. The summed E-state index contributed by atoms with van der Waals surface area (Å²) in [6.07, 6.45) is 5.18. The molecule has 1 saturated carbocycles. The van der Waals surface area contributed by atoms with Crippen LogP contribution in [-0.2, 0) is 4.79 Å². The van der Waals surface area contributed by atoms with Gasteiger partial charge in [0.05, 0.1) is 26.2 Å². The predicted molar refractivity (Wildman–Crippen MR) is 135 cm³/mol. The Labute approximate surface area is 210 Å². The van der Waals surface area contributed by atoms with Gasteiger partial charge < -0.3 is 19.2 Å². The van der Waals surface area contributed by atoms with Crippen LogP contribution in [0.15, 0.2) is 65.3 Å². The van der Waals surface area contributed by atoms with Crippen molar-refractivity contribution in [1.82, 2.24) is 5.32 Å². The van der Waals surface area contributed by atoms with Crippen molar-refractivity contribution in [1.29, 1.82) is 0 Å². The molecule has 0 aliphatic heterocycles. The van der Waals surface area contributed by atoms with Crippen molar-refractivity contribution >= 4 is 23.3 Å². The number of ketones is 1. The summed E-state index contributed by atoms with van der Waals surface area (Å²) in [4.78, 5) is 41.9. The van der Waals surface area contributed by atoms with Crippen LogP contribution >= 0.6 is 0 Å². The Morgan fingerprint density at radius 3 is 2.36 bits per heavy atom. The summed E-state index contributed by atoms with van der Waals surface area (Å²) < 4.78 is 16.6. The van der Waals surface area contributed by atoms with Crippen molar-refractivity contribution in [2.24, 2.45) is 0 Å². The summed E-state index contributed by atoms with van der Waals surface area (Å²) in [5, 5.41) is 3.12. The quantitative estimate of drug-likeness (QED) is 0.427. The van der Waals surface area contributed by atoms with Gasteiger partial charge in [0.15, 0.2) is 23.0 Å². The summed E-state index contributed by atoms with van der Waals surface area (Å²) in [5.74, 6) is -0.413. The summed E-state index contributed by atoms with van der Waals surface area (Å²) in [6.45, 7) is 1.42. The molecule has 188 valence electrons. The second kappa shape index (κ2) is 11.1. The van der Waals surface area contributed by atoms with Crippen LogP contribution in [0.2, 0.25) is 0 Å². The van der Waals surface area contributed by atoms with Gasteiger partial charge in [-0.05, 0) is 50.1 Å². The maximum Gasteiger partial charge on any atom is 0.294 e. The van der Waals surface area contributed by atoms with Crippen molar-refractivity contribution in [2.75, 3.05) is 19.1 Å². The summed E-state index contributed by atoms with van der Waals surface area (Å²) >= 11 is 0. The van der Waals surface area contributed by atoms with E-state index in [1.807, 2.05) is 0 Å². The first-order valence-corrected chi connectivity index (χ1v) is 11.9. The van der Waals surface area contributed by atoms with E-state index in [1.165, 1.54) is 38.4 Å². The molecule has 3 aromatic rings. The molecule has 2 aromatic carbocycles. The lowest BCUT2D eigenvalue weighted by Gasteiger charge is -2.33. The van der Waals surface area contributed by atoms with Gasteiger partial charge in [-0.3, -0.25) is 19.3 Å². The van der Waals surface area contributed by atoms with Gasteiger partial charge >= 0.3 is 0 Å². The highest BCUT2D eigenvalue weighted by molar-refractivity contribution is 6.12. The number of ether oxygens (including phenoxy) is 2. The second-order valence-corrected chi connectivity index (χ2v) is 8.70. The lowest BCUT2D eigenvalue weighted by atomic mass is 9.98. The number of furan rings is 1. The number of hydrogen-bond donors (Lipinski definition) is 1. The minimum absolute atomic E-state index is 0.000202. The molecule has 0 bridgehead atoms. The molecule has 1 fully saturated rings. The third-order valence-electron chi connectivity index (χ3n) is 6.43. The minimum Gasteiger partial charge on any atom is -0.493 e. The van der Waals surface area contributed by atoms with E-state index in [2.05, 4.69) is 5.32 Å². The summed E-state index contributed by atoms with van der Waals surface area (Å²) in [6, 6.07) is 13.9. The van der Waals surface area contributed by atoms with E-state index in [-0.39, 0.29) is 23.5 Å². The topological polar surface area (TPSA) is 98.1 Å². The smallest absolute Gasteiger partial charge is 0.294 e. The van der Waals surface area contributed by atoms with E-state index < -0.39 is 11.9 Å². The molecule has 4 rings (SSSR count). The summed E-state index contributed by atoms with van der Waals surface area (Å²) in [5.41, 5.74) is 1.02. The van der Waals surface area contributed by atoms with E-state index in [1.54, 1.807) is 48.5 Å². The molecule has 1 aromatic heterocycles. The predicted octanol–water partition coefficient (Wildman–Crippen LogP) is 4.95. The number of methoxy groups -OCH3 is 2. The van der Waals surface area contributed by atoms with Crippen LogP contribution in [0, 0.1) is 0 Å². The highest BCUT2D eigenvalue weighted by Gasteiger charge is 2.39. The first-order valence-electron chi connectivity index (χ1n) is 11.9. The lowest BCUT2D eigenvalue weighted by molar-refractivity contribution is -0.123. The van der Waals surface area contributed by atoms with Gasteiger partial charge in [0.25, 0.3) is 5.91 Å². The van der Waals surface area contributed by atoms with Gasteiger partial charge in [0, 0.05) is 17.2 Å². The van der Waals surface area contributed by atoms with E-state index in [4.69, 9.17) is 13.9 Å². The molecule has 2 amide bonds. The van der Waals surface area contributed by atoms with E-state index in [0.717, 1.165) is 25.7 Å². The highest BCUT2D eigenvalue weighted by atomic mass is 16.5. The Balaban J connectivity index is 1.95. The monoisotopic (exact) mass is 490 g/mol. The number of carbonyl (C=O) groups excluding carboxylic acids is 3. The molecule has 8 nitrogen and oxygen atoms in total. The fourth-order valence-corrected chi connectivity index (χ4v) is 4.74. The average Bonchev–Trinajstić information content (AvgIpc) is 3.61. The van der Waals surface area contributed by atoms with Crippen LogP contribution in [0.4, 0.5) is 5.69 Å². The van der Waals surface area contributed by atoms with Crippen LogP contribution < -0.4 is 19.7 Å². The van der Waals surface area contributed by atoms with Gasteiger partial charge in [0.2, 0.25) is 5.91 Å². The number of para-hydroxylation sites is 2. The zero-order chi connectivity index (χ0) is 25.7. The lowest BCUT2D eigenvalue weighted by Crippen LogP contribution is -2.47. The Kier molecular flexibility index (Phi) is 7.73. The molecule has 1 unspecified atom stereocenters. The van der Waals surface area contributed by atoms with Crippen molar-refractivity contribution in [3.63, 3.8) is 0 Å². The maximum atomic E-state index is 14.0. The van der Waals surface area contributed by atoms with Gasteiger partial charge in [0.1, 0.15) is 6.04 Å². The van der Waals surface area contributed by atoms with Crippen LogP contribution in [0.3, 0.4) is 0 Å². The molecule has 8 heteroatoms. The SMILES string of the molecule is COc1cccc(C(C(=O)NC2CCCC2)N(C(=O)c2ccco2)c2ccccc2C(C)=O)c1OC. The van der Waals surface area contributed by atoms with Crippen molar-refractivity contribution < 1.29 is 28.3 Å². The zero-order valence-corrected chi connectivity index (χ0v) is 20.7. The molecule has 0 radical (unpaired) electrons. The number of rotatable bonds is 9. The molecule has 0 spiro atoms. The van der Waals surface area contributed by atoms with Crippen molar-refractivity contribution in [2.45, 2.75) is 44.7 Å². The molecule has 1 aliphatic carbocycles. The number of hydrogen-bond acceptors (Lipinski definition) is 6. The fourth-order valence-electron chi connectivity index (χ4n) is 4.74. The van der Waals surface area contributed by atoms with Crippen LogP contribution in [0.25, 0.3) is 0 Å². The minimum atomic E-state index is -1.17. The first-order chi connectivity index (χ1) is 17.5. The molecule has 1 N–H and O–H groups in total. The zero-order valence-electron chi connectivity index (χ0n) is 20.7. The van der Waals surface area contributed by atoms with Crippen LogP contribution in [-0.4, -0.2) is 37.9 Å². The first kappa shape index (κ1) is 25.0. The second-order valence-electron chi connectivity index (χ2n) is 8.70. The number of nitrogens with one attached hydrogen (secondary N) is 1. The molecule has 1 aliphatic rings. The Morgan fingerprint density at radius 2 is 1.72 bits per heavy atom. The number of anilines is 1. The molecular formula is C28H30N2O6. The number of nitrogens with zero attached hydrogens (tertiary/aromatic N) is 1. The molecule has 0 saturated heterocycles. The van der Waals surface area contributed by atoms with Crippen LogP contribution in [0.5, 0.6) is 11.5 Å². The van der Waals surface area contributed by atoms with Gasteiger partial charge in [-0.1, -0.05) is 37.1 Å². The van der Waals surface area contributed by atoms with Gasteiger partial charge in [-0.25, -0.2) is 0 Å². The van der Waals surface area contributed by atoms with Crippen LogP contribution in [0.1, 0.15) is 65.1 Å². The molecule has 1 heterocycles. The van der Waals surface area contributed by atoms with E-state index in [9.17, 15) is 14.4 Å². The normalized spacial score (nSPS) is 14.2. The highest BCUT2D eigenvalue weighted by Crippen LogP contribution is 2.40. The maximum absolute atomic E-state index is 14.0. The molecule has 36 heavy (non-hydrogen) atoms. The largest absolute Gasteiger partial charge is 0.493 e. The third-order valence-corrected chi connectivity index (χ3v) is 6.43. The molecular weight excluding hydrogens is 460 g/mol. The van der Waals surface area contributed by atoms with E-state index in [0.29, 0.717) is 28.3 Å². The third kappa shape index (κ3) is 4.98. The van der Waals surface area contributed by atoms with Crippen molar-refractivity contribution in [3.8, 4) is 11.5 Å². The standard InChI is InChI=1S/C28H30N2O6/c1-18(31)20-12-6-7-14-22(20)30(28(33)24-16-9-17-36-24)25(27(32)29-19-10-4-5-11-19)21-13-8-15-23(34-2)26(21)35-3/h6-9,12-17,19,25H,4-5,10-11H2,1-3H3,(H,29,32). The number of amides is 2. The Morgan fingerprint density at radius 1 is 0.972 bits per heavy atom. The molecule has 1 atom stereocenters. The van der Waals surface area contributed by atoms with E-state index >= 15 is 0 Å². The average molecular weight is 491 g/mol. The van der Waals surface area contributed by atoms with Gasteiger partial charge in [-0.2, -0.15) is 0 Å². The van der Waals surface area contributed by atoms with Gasteiger partial charge in [-0.15, -0.1) is 0 Å².